The molecule has 40 heavy (non-hydrogen) atoms. The molecule has 1 heteroatoms. The first-order valence-corrected chi connectivity index (χ1v) is 14.0. The lowest BCUT2D eigenvalue weighted by atomic mass is 9.82. The highest BCUT2D eigenvalue weighted by molar-refractivity contribution is 6.09. The van der Waals surface area contributed by atoms with Gasteiger partial charge in [0, 0.05) is 16.3 Å². The Labute approximate surface area is 234 Å². The molecule has 1 aliphatic rings. The molecule has 0 amide bonds. The maximum atomic E-state index is 6.43. The van der Waals surface area contributed by atoms with Gasteiger partial charge in [0.1, 0.15) is 11.2 Å². The number of fused-ring (bicyclic) bond motifs is 9. The third-order valence-corrected chi connectivity index (χ3v) is 8.54. The van der Waals surface area contributed by atoms with Crippen molar-refractivity contribution in [2.75, 3.05) is 0 Å². The van der Waals surface area contributed by atoms with Crippen LogP contribution in [0.3, 0.4) is 0 Å². The molecule has 1 aromatic heterocycles. The van der Waals surface area contributed by atoms with Crippen LogP contribution in [-0.2, 0) is 12.8 Å². The Balaban J connectivity index is 1.39. The van der Waals surface area contributed by atoms with E-state index in [1.165, 1.54) is 55.6 Å². The molecule has 0 spiro atoms. The SMILES string of the molecule is Cc1cccc2c1-c1ccc(-c3cccc4c3oc3ccccc34)cc1Cc1ccccc1-c1ccccc1C2. The highest BCUT2D eigenvalue weighted by Crippen LogP contribution is 2.41. The summed E-state index contributed by atoms with van der Waals surface area (Å²) < 4.78 is 6.43. The van der Waals surface area contributed by atoms with Gasteiger partial charge >= 0.3 is 0 Å². The minimum absolute atomic E-state index is 0.859. The highest BCUT2D eigenvalue weighted by atomic mass is 16.3. The Morgan fingerprint density at radius 2 is 1.10 bits per heavy atom. The van der Waals surface area contributed by atoms with E-state index < -0.39 is 0 Å². The van der Waals surface area contributed by atoms with Crippen LogP contribution in [0.1, 0.15) is 27.8 Å². The van der Waals surface area contributed by atoms with Crippen molar-refractivity contribution in [1.29, 1.82) is 0 Å². The third-order valence-electron chi connectivity index (χ3n) is 8.54. The number of para-hydroxylation sites is 2. The second kappa shape index (κ2) is 9.10. The number of benzene rings is 6. The fourth-order valence-electron chi connectivity index (χ4n) is 6.67. The maximum absolute atomic E-state index is 6.43. The zero-order chi connectivity index (χ0) is 26.6. The molecule has 1 heterocycles. The Morgan fingerprint density at radius 1 is 0.475 bits per heavy atom. The Kier molecular flexibility index (Phi) is 5.24. The van der Waals surface area contributed by atoms with Crippen molar-refractivity contribution in [1.82, 2.24) is 0 Å². The molecule has 6 aromatic carbocycles. The summed E-state index contributed by atoms with van der Waals surface area (Å²) in [6, 6.07) is 46.4. The van der Waals surface area contributed by atoms with E-state index in [2.05, 4.69) is 128 Å². The summed E-state index contributed by atoms with van der Waals surface area (Å²) in [6.45, 7) is 2.25. The first kappa shape index (κ1) is 23.0. The number of furan rings is 1. The van der Waals surface area contributed by atoms with E-state index in [1.807, 2.05) is 6.07 Å². The van der Waals surface area contributed by atoms with Gasteiger partial charge in [-0.2, -0.15) is 0 Å². The summed E-state index contributed by atoms with van der Waals surface area (Å²) in [5.41, 5.74) is 16.3. The fraction of sp³-hybridized carbons (Fsp3) is 0.0769. The second-order valence-electron chi connectivity index (χ2n) is 10.9. The summed E-state index contributed by atoms with van der Waals surface area (Å²) in [5, 5.41) is 2.33. The zero-order valence-electron chi connectivity index (χ0n) is 22.4. The van der Waals surface area contributed by atoms with Gasteiger partial charge in [-0.15, -0.1) is 0 Å². The fourth-order valence-corrected chi connectivity index (χ4v) is 6.67. The number of rotatable bonds is 1. The van der Waals surface area contributed by atoms with Crippen molar-refractivity contribution in [3.8, 4) is 33.4 Å². The van der Waals surface area contributed by atoms with Gasteiger partial charge in [0.2, 0.25) is 0 Å². The van der Waals surface area contributed by atoms with Gasteiger partial charge in [-0.05, 0) is 81.5 Å². The van der Waals surface area contributed by atoms with E-state index in [0.29, 0.717) is 0 Å². The smallest absolute Gasteiger partial charge is 0.143 e. The van der Waals surface area contributed by atoms with Crippen molar-refractivity contribution in [3.05, 3.63) is 155 Å². The Hall–Kier alpha value is -4.88. The van der Waals surface area contributed by atoms with Gasteiger partial charge < -0.3 is 4.42 Å². The van der Waals surface area contributed by atoms with Gasteiger partial charge in [0.15, 0.2) is 0 Å². The molecule has 0 N–H and O–H groups in total. The zero-order valence-corrected chi connectivity index (χ0v) is 22.4. The standard InChI is InChI=1S/C39H28O/c1-25-10-8-13-29-22-26-11-2-4-14-31(26)32-15-5-3-12-27(32)23-30-24-28(20-21-33(30)38(25)29)34-17-9-18-36-35-16-6-7-19-37(35)40-39(34)36/h2-21,24H,22-23H2,1H3. The number of hydrogen-bond acceptors (Lipinski definition) is 1. The van der Waals surface area contributed by atoms with E-state index in [9.17, 15) is 0 Å². The van der Waals surface area contributed by atoms with Crippen molar-refractivity contribution < 1.29 is 4.42 Å². The normalized spacial score (nSPS) is 12.4. The molecule has 0 bridgehead atoms. The molecule has 7 aromatic rings. The van der Waals surface area contributed by atoms with Crippen molar-refractivity contribution in [3.63, 3.8) is 0 Å². The summed E-state index contributed by atoms with van der Waals surface area (Å²) in [6.07, 6.45) is 1.76. The largest absolute Gasteiger partial charge is 0.455 e. The van der Waals surface area contributed by atoms with Crippen molar-refractivity contribution in [2.45, 2.75) is 19.8 Å². The average molecular weight is 513 g/mol. The molecular weight excluding hydrogens is 484 g/mol. The first-order chi connectivity index (χ1) is 19.7. The van der Waals surface area contributed by atoms with Crippen LogP contribution in [0, 0.1) is 6.92 Å². The van der Waals surface area contributed by atoms with E-state index >= 15 is 0 Å². The van der Waals surface area contributed by atoms with E-state index in [-0.39, 0.29) is 0 Å². The monoisotopic (exact) mass is 512 g/mol. The predicted molar refractivity (Wildman–Crippen MR) is 167 cm³/mol. The number of hydrogen-bond donors (Lipinski definition) is 0. The molecule has 0 unspecified atom stereocenters. The lowest BCUT2D eigenvalue weighted by Crippen LogP contribution is -2.04. The third kappa shape index (κ3) is 3.62. The van der Waals surface area contributed by atoms with Crippen molar-refractivity contribution >= 4 is 21.9 Å². The second-order valence-corrected chi connectivity index (χ2v) is 10.9. The van der Waals surface area contributed by atoms with Gasteiger partial charge in [0.25, 0.3) is 0 Å². The summed E-state index contributed by atoms with van der Waals surface area (Å²) in [5.74, 6) is 0. The van der Waals surface area contributed by atoms with Crippen LogP contribution in [0.4, 0.5) is 0 Å². The molecule has 0 saturated carbocycles. The van der Waals surface area contributed by atoms with E-state index in [0.717, 1.165) is 40.3 Å². The minimum atomic E-state index is 0.859. The lowest BCUT2D eigenvalue weighted by Gasteiger charge is -2.22. The molecule has 0 aliphatic heterocycles. The van der Waals surface area contributed by atoms with Crippen LogP contribution >= 0.6 is 0 Å². The molecule has 0 atom stereocenters. The van der Waals surface area contributed by atoms with Gasteiger partial charge in [-0.25, -0.2) is 0 Å². The Bertz CT molecular complexity index is 2070. The molecule has 0 radical (unpaired) electrons. The highest BCUT2D eigenvalue weighted by Gasteiger charge is 2.20. The van der Waals surface area contributed by atoms with Crippen molar-refractivity contribution in [2.24, 2.45) is 0 Å². The molecule has 0 fully saturated rings. The van der Waals surface area contributed by atoms with Crippen LogP contribution < -0.4 is 0 Å². The molecule has 1 nitrogen and oxygen atoms in total. The van der Waals surface area contributed by atoms with Gasteiger partial charge in [0.05, 0.1) is 0 Å². The molecule has 1 aliphatic carbocycles. The summed E-state index contributed by atoms with van der Waals surface area (Å²) in [4.78, 5) is 0. The van der Waals surface area contributed by atoms with Crippen LogP contribution in [-0.4, -0.2) is 0 Å². The van der Waals surface area contributed by atoms with Crippen LogP contribution in [0.5, 0.6) is 0 Å². The molecule has 0 saturated heterocycles. The predicted octanol–water partition coefficient (Wildman–Crippen LogP) is 10.4. The van der Waals surface area contributed by atoms with Gasteiger partial charge in [-0.3, -0.25) is 0 Å². The first-order valence-electron chi connectivity index (χ1n) is 14.0. The van der Waals surface area contributed by atoms with E-state index in [1.54, 1.807) is 0 Å². The quantitative estimate of drug-likeness (QED) is 0.213. The molecule has 190 valence electrons. The van der Waals surface area contributed by atoms with Crippen LogP contribution in [0.25, 0.3) is 55.3 Å². The molecular formula is C39H28O. The summed E-state index contributed by atoms with van der Waals surface area (Å²) >= 11 is 0. The number of aryl methyl sites for hydroxylation is 1. The maximum Gasteiger partial charge on any atom is 0.143 e. The topological polar surface area (TPSA) is 13.1 Å². The van der Waals surface area contributed by atoms with Gasteiger partial charge in [-0.1, -0.05) is 121 Å². The lowest BCUT2D eigenvalue weighted by molar-refractivity contribution is 0.670. The average Bonchev–Trinajstić information content (AvgIpc) is 3.37. The van der Waals surface area contributed by atoms with Crippen LogP contribution in [0.15, 0.2) is 132 Å². The minimum Gasteiger partial charge on any atom is -0.455 e. The van der Waals surface area contributed by atoms with E-state index in [4.69, 9.17) is 4.42 Å². The van der Waals surface area contributed by atoms with Crippen LogP contribution in [0.2, 0.25) is 0 Å². The Morgan fingerprint density at radius 3 is 1.93 bits per heavy atom. The molecule has 8 rings (SSSR count). The summed E-state index contributed by atoms with van der Waals surface area (Å²) in [7, 11) is 0.